The Bertz CT molecular complexity index is 637. The topological polar surface area (TPSA) is 59.5 Å². The third-order valence-electron chi connectivity index (χ3n) is 2.81. The van der Waals surface area contributed by atoms with Gasteiger partial charge in [0, 0.05) is 17.6 Å². The molecule has 4 nitrogen and oxygen atoms in total. The predicted octanol–water partition coefficient (Wildman–Crippen LogP) is 2.50. The van der Waals surface area contributed by atoms with E-state index < -0.39 is 0 Å². The van der Waals surface area contributed by atoms with Gasteiger partial charge in [-0.3, -0.25) is 4.79 Å². The second kappa shape index (κ2) is 5.49. The van der Waals surface area contributed by atoms with E-state index in [0.29, 0.717) is 23.6 Å². The summed E-state index contributed by atoms with van der Waals surface area (Å²) < 4.78 is 5.54. The van der Waals surface area contributed by atoms with Crippen molar-refractivity contribution < 1.29 is 9.21 Å². The molecule has 0 saturated heterocycles. The maximum atomic E-state index is 12.3. The van der Waals surface area contributed by atoms with Gasteiger partial charge in [0.2, 0.25) is 0 Å². The second-order valence-electron chi connectivity index (χ2n) is 4.34. The third kappa shape index (κ3) is 2.71. The van der Waals surface area contributed by atoms with Crippen molar-refractivity contribution in [3.05, 3.63) is 30.0 Å². The van der Waals surface area contributed by atoms with Crippen LogP contribution in [0.2, 0.25) is 0 Å². The molecule has 0 aliphatic carbocycles. The fourth-order valence-electron chi connectivity index (χ4n) is 1.96. The van der Waals surface area contributed by atoms with Crippen LogP contribution >= 0.6 is 0 Å². The number of amides is 1. The normalized spacial score (nSPS) is 10.3. The summed E-state index contributed by atoms with van der Waals surface area (Å²) in [7, 11) is 0. The number of rotatable bonds is 4. The Hall–Kier alpha value is -2.41. The zero-order valence-corrected chi connectivity index (χ0v) is 10.8. The monoisotopic (exact) mass is 256 g/mol. The summed E-state index contributed by atoms with van der Waals surface area (Å²) in [6, 6.07) is 6.98. The SMILES string of the molecule is C#CCN(CCC)C(=O)c1cc2cc(N)ccc2o1. The molecule has 1 heterocycles. The molecule has 2 rings (SSSR count). The lowest BCUT2D eigenvalue weighted by Crippen LogP contribution is -2.31. The number of hydrogen-bond donors (Lipinski definition) is 1. The van der Waals surface area contributed by atoms with Gasteiger partial charge in [0.25, 0.3) is 5.91 Å². The molecule has 0 atom stereocenters. The minimum atomic E-state index is -0.186. The fourth-order valence-corrected chi connectivity index (χ4v) is 1.96. The van der Waals surface area contributed by atoms with Gasteiger partial charge in [0.1, 0.15) is 5.58 Å². The van der Waals surface area contributed by atoms with E-state index >= 15 is 0 Å². The molecule has 0 radical (unpaired) electrons. The van der Waals surface area contributed by atoms with Crippen molar-refractivity contribution in [2.45, 2.75) is 13.3 Å². The number of carbonyl (C=O) groups excluding carboxylic acids is 1. The predicted molar refractivity (Wildman–Crippen MR) is 75.7 cm³/mol. The molecule has 0 aliphatic rings. The van der Waals surface area contributed by atoms with Gasteiger partial charge in [-0.15, -0.1) is 6.42 Å². The Kier molecular flexibility index (Phi) is 3.76. The first kappa shape index (κ1) is 13.0. The summed E-state index contributed by atoms with van der Waals surface area (Å²) in [4.78, 5) is 13.9. The highest BCUT2D eigenvalue weighted by Crippen LogP contribution is 2.22. The lowest BCUT2D eigenvalue weighted by Gasteiger charge is -2.17. The smallest absolute Gasteiger partial charge is 0.290 e. The molecule has 2 aromatic rings. The van der Waals surface area contributed by atoms with Crippen LogP contribution in [0.4, 0.5) is 5.69 Å². The van der Waals surface area contributed by atoms with Gasteiger partial charge in [-0.05, 0) is 30.7 Å². The summed E-state index contributed by atoms with van der Waals surface area (Å²) in [6.07, 6.45) is 6.13. The van der Waals surface area contributed by atoms with Gasteiger partial charge >= 0.3 is 0 Å². The molecule has 0 unspecified atom stereocenters. The van der Waals surface area contributed by atoms with Crippen molar-refractivity contribution in [1.82, 2.24) is 4.90 Å². The first-order valence-electron chi connectivity index (χ1n) is 6.17. The number of terminal acetylenes is 1. The summed E-state index contributed by atoms with van der Waals surface area (Å²) in [5.74, 6) is 2.60. The Morgan fingerprint density at radius 1 is 1.47 bits per heavy atom. The van der Waals surface area contributed by atoms with E-state index in [1.807, 2.05) is 6.92 Å². The van der Waals surface area contributed by atoms with Crippen LogP contribution in [-0.2, 0) is 0 Å². The van der Waals surface area contributed by atoms with Crippen molar-refractivity contribution in [3.8, 4) is 12.3 Å². The standard InChI is InChI=1S/C15H16N2O2/c1-3-7-17(8-4-2)15(18)14-10-11-9-12(16)5-6-13(11)19-14/h1,5-6,9-10H,4,7-8,16H2,2H3. The number of benzene rings is 1. The summed E-state index contributed by atoms with van der Waals surface area (Å²) in [5, 5.41) is 0.820. The minimum absolute atomic E-state index is 0.186. The lowest BCUT2D eigenvalue weighted by atomic mass is 10.2. The first-order chi connectivity index (χ1) is 9.15. The van der Waals surface area contributed by atoms with Crippen molar-refractivity contribution >= 4 is 22.6 Å². The average Bonchev–Trinajstić information content (AvgIpc) is 2.80. The summed E-state index contributed by atoms with van der Waals surface area (Å²) in [5.41, 5.74) is 6.99. The second-order valence-corrected chi connectivity index (χ2v) is 4.34. The van der Waals surface area contributed by atoms with Crippen LogP contribution in [0.1, 0.15) is 23.9 Å². The fraction of sp³-hybridized carbons (Fsp3) is 0.267. The number of carbonyl (C=O) groups is 1. The largest absolute Gasteiger partial charge is 0.451 e. The molecule has 0 bridgehead atoms. The van der Waals surface area contributed by atoms with E-state index in [4.69, 9.17) is 16.6 Å². The third-order valence-corrected chi connectivity index (χ3v) is 2.81. The highest BCUT2D eigenvalue weighted by Gasteiger charge is 2.18. The Labute approximate surface area is 112 Å². The highest BCUT2D eigenvalue weighted by molar-refractivity contribution is 5.96. The van der Waals surface area contributed by atoms with Gasteiger partial charge < -0.3 is 15.1 Å². The number of furan rings is 1. The van der Waals surface area contributed by atoms with E-state index in [0.717, 1.165) is 11.8 Å². The summed E-state index contributed by atoms with van der Waals surface area (Å²) in [6.45, 7) is 2.89. The van der Waals surface area contributed by atoms with Gasteiger partial charge in [-0.2, -0.15) is 0 Å². The molecule has 0 fully saturated rings. The lowest BCUT2D eigenvalue weighted by molar-refractivity contribution is 0.0747. The minimum Gasteiger partial charge on any atom is -0.451 e. The number of nitrogens with zero attached hydrogens (tertiary/aromatic N) is 1. The van der Waals surface area contributed by atoms with Crippen molar-refractivity contribution in [3.63, 3.8) is 0 Å². The van der Waals surface area contributed by atoms with Crippen LogP contribution in [0.3, 0.4) is 0 Å². The molecule has 0 aliphatic heterocycles. The van der Waals surface area contributed by atoms with Crippen LogP contribution in [-0.4, -0.2) is 23.9 Å². The van der Waals surface area contributed by atoms with E-state index in [1.165, 1.54) is 0 Å². The zero-order valence-electron chi connectivity index (χ0n) is 10.8. The van der Waals surface area contributed by atoms with Crippen molar-refractivity contribution in [1.29, 1.82) is 0 Å². The number of nitrogens with two attached hydrogens (primary N) is 1. The van der Waals surface area contributed by atoms with Crippen LogP contribution in [0.25, 0.3) is 11.0 Å². The number of fused-ring (bicyclic) bond motifs is 1. The van der Waals surface area contributed by atoms with Gasteiger partial charge in [0.05, 0.1) is 6.54 Å². The van der Waals surface area contributed by atoms with Gasteiger partial charge in [0.15, 0.2) is 5.76 Å². The Morgan fingerprint density at radius 2 is 2.26 bits per heavy atom. The molecule has 0 spiro atoms. The Morgan fingerprint density at radius 3 is 2.95 bits per heavy atom. The molecular weight excluding hydrogens is 240 g/mol. The molecule has 1 aromatic carbocycles. The molecular formula is C15H16N2O2. The molecule has 2 N–H and O–H groups in total. The molecule has 0 saturated carbocycles. The molecule has 1 aromatic heterocycles. The summed E-state index contributed by atoms with van der Waals surface area (Å²) >= 11 is 0. The molecule has 19 heavy (non-hydrogen) atoms. The van der Waals surface area contributed by atoms with E-state index in [-0.39, 0.29) is 12.5 Å². The van der Waals surface area contributed by atoms with E-state index in [2.05, 4.69) is 5.92 Å². The number of hydrogen-bond acceptors (Lipinski definition) is 3. The van der Waals surface area contributed by atoms with E-state index in [9.17, 15) is 4.79 Å². The molecule has 98 valence electrons. The highest BCUT2D eigenvalue weighted by atomic mass is 16.3. The average molecular weight is 256 g/mol. The van der Waals surface area contributed by atoms with E-state index in [1.54, 1.807) is 29.2 Å². The maximum Gasteiger partial charge on any atom is 0.290 e. The number of nitrogen functional groups attached to an aromatic ring is 1. The molecule has 4 heteroatoms. The van der Waals surface area contributed by atoms with Crippen LogP contribution in [0, 0.1) is 12.3 Å². The zero-order chi connectivity index (χ0) is 13.8. The quantitative estimate of drug-likeness (QED) is 0.675. The number of anilines is 1. The van der Waals surface area contributed by atoms with Crippen LogP contribution in [0.5, 0.6) is 0 Å². The Balaban J connectivity index is 2.32. The molecule has 1 amide bonds. The van der Waals surface area contributed by atoms with Gasteiger partial charge in [-0.25, -0.2) is 0 Å². The van der Waals surface area contributed by atoms with Gasteiger partial charge in [-0.1, -0.05) is 12.8 Å². The van der Waals surface area contributed by atoms with Crippen LogP contribution in [0.15, 0.2) is 28.7 Å². The van der Waals surface area contributed by atoms with Crippen molar-refractivity contribution in [2.24, 2.45) is 0 Å². The van der Waals surface area contributed by atoms with Crippen LogP contribution < -0.4 is 5.73 Å². The first-order valence-corrected chi connectivity index (χ1v) is 6.17. The maximum absolute atomic E-state index is 12.3. The van der Waals surface area contributed by atoms with Crippen molar-refractivity contribution in [2.75, 3.05) is 18.8 Å².